The molecule has 8 nitrogen and oxygen atoms in total. The number of aromatic nitrogens is 1. The molecule has 3 heterocycles. The molecule has 148 valence electrons. The second kappa shape index (κ2) is 10.7. The summed E-state index contributed by atoms with van der Waals surface area (Å²) in [6.45, 7) is 6.70. The van der Waals surface area contributed by atoms with Crippen molar-refractivity contribution in [3.63, 3.8) is 0 Å². The maximum absolute atomic E-state index is 12.5. The fraction of sp³-hybridized carbons (Fsp3) is 0.688. The van der Waals surface area contributed by atoms with Crippen LogP contribution in [0.1, 0.15) is 18.6 Å². The first-order chi connectivity index (χ1) is 11.6. The van der Waals surface area contributed by atoms with Gasteiger partial charge in [-0.2, -0.15) is 0 Å². The summed E-state index contributed by atoms with van der Waals surface area (Å²) in [6.07, 6.45) is 2.05. The van der Waals surface area contributed by atoms with Crippen molar-refractivity contribution >= 4 is 42.4 Å². The number of piperazine rings is 1. The van der Waals surface area contributed by atoms with Crippen LogP contribution in [-0.2, 0) is 9.59 Å². The number of carbonyl (C=O) groups excluding carboxylic acids is 2. The SMILES string of the molecule is Cc1cc(NC(=O)CN2CCN(C(=O)C3CCCNC3)CC2)no1.Cl.Cl. The second-order valence-electron chi connectivity index (χ2n) is 6.52. The number of anilines is 1. The molecule has 0 spiro atoms. The molecule has 3 rings (SSSR count). The number of amides is 2. The Labute approximate surface area is 165 Å². The number of hydrogen-bond acceptors (Lipinski definition) is 6. The van der Waals surface area contributed by atoms with Gasteiger partial charge in [-0.15, -0.1) is 24.8 Å². The van der Waals surface area contributed by atoms with Crippen LogP contribution in [0.2, 0.25) is 0 Å². The van der Waals surface area contributed by atoms with Crippen molar-refractivity contribution in [3.8, 4) is 0 Å². The molecule has 1 aromatic rings. The van der Waals surface area contributed by atoms with E-state index in [0.717, 1.165) is 39.0 Å². The van der Waals surface area contributed by atoms with Crippen molar-refractivity contribution in [2.75, 3.05) is 51.1 Å². The van der Waals surface area contributed by atoms with Crippen LogP contribution in [0.25, 0.3) is 0 Å². The summed E-state index contributed by atoms with van der Waals surface area (Å²) in [5.74, 6) is 1.36. The molecule has 1 atom stereocenters. The molecule has 2 N–H and O–H groups in total. The largest absolute Gasteiger partial charge is 0.360 e. The molecule has 1 unspecified atom stereocenters. The van der Waals surface area contributed by atoms with Crippen LogP contribution in [0.3, 0.4) is 0 Å². The summed E-state index contributed by atoms with van der Waals surface area (Å²) in [5, 5.41) is 9.76. The first kappa shape index (κ1) is 22.7. The molecule has 0 aromatic carbocycles. The van der Waals surface area contributed by atoms with Gasteiger partial charge in [-0.05, 0) is 26.3 Å². The third-order valence-electron chi connectivity index (χ3n) is 4.59. The van der Waals surface area contributed by atoms with E-state index in [0.29, 0.717) is 31.2 Å². The average Bonchev–Trinajstić information content (AvgIpc) is 3.00. The molecule has 2 amide bonds. The van der Waals surface area contributed by atoms with Gasteiger partial charge in [0.15, 0.2) is 5.82 Å². The zero-order chi connectivity index (χ0) is 16.9. The standard InChI is InChI=1S/C16H25N5O3.2ClH/c1-12-9-14(19-24-12)18-15(22)11-20-5-7-21(8-6-20)16(23)13-3-2-4-17-10-13;;/h9,13,17H,2-8,10-11H2,1H3,(H,18,19,22);2*1H. The van der Waals surface area contributed by atoms with E-state index in [-0.39, 0.29) is 42.5 Å². The summed E-state index contributed by atoms with van der Waals surface area (Å²) in [4.78, 5) is 28.5. The Kier molecular flexibility index (Phi) is 9.35. The summed E-state index contributed by atoms with van der Waals surface area (Å²) in [5.41, 5.74) is 0. The highest BCUT2D eigenvalue weighted by Crippen LogP contribution is 2.15. The van der Waals surface area contributed by atoms with Gasteiger partial charge < -0.3 is 20.1 Å². The van der Waals surface area contributed by atoms with E-state index in [1.807, 2.05) is 4.90 Å². The van der Waals surface area contributed by atoms with Crippen LogP contribution >= 0.6 is 24.8 Å². The molecule has 26 heavy (non-hydrogen) atoms. The Morgan fingerprint density at radius 2 is 2.04 bits per heavy atom. The van der Waals surface area contributed by atoms with Gasteiger partial charge in [0, 0.05) is 38.8 Å². The van der Waals surface area contributed by atoms with Gasteiger partial charge in [-0.25, -0.2) is 0 Å². The van der Waals surface area contributed by atoms with E-state index in [2.05, 4.69) is 20.7 Å². The molecule has 0 saturated carbocycles. The van der Waals surface area contributed by atoms with Crippen molar-refractivity contribution in [2.24, 2.45) is 5.92 Å². The smallest absolute Gasteiger partial charge is 0.239 e. The molecule has 0 aliphatic carbocycles. The Morgan fingerprint density at radius 3 is 2.62 bits per heavy atom. The minimum atomic E-state index is -0.112. The normalized spacial score (nSPS) is 20.7. The molecule has 2 aliphatic rings. The lowest BCUT2D eigenvalue weighted by atomic mass is 9.98. The minimum absolute atomic E-state index is 0. The summed E-state index contributed by atoms with van der Waals surface area (Å²) >= 11 is 0. The third-order valence-corrected chi connectivity index (χ3v) is 4.59. The van der Waals surface area contributed by atoms with Crippen LogP contribution in [0.15, 0.2) is 10.6 Å². The predicted octanol–water partition coefficient (Wildman–Crippen LogP) is 0.909. The first-order valence-corrected chi connectivity index (χ1v) is 8.57. The molecular formula is C16H27Cl2N5O3. The molecule has 0 radical (unpaired) electrons. The second-order valence-corrected chi connectivity index (χ2v) is 6.52. The molecule has 1 aromatic heterocycles. The lowest BCUT2D eigenvalue weighted by molar-refractivity contribution is -0.138. The topological polar surface area (TPSA) is 90.7 Å². The Balaban J connectivity index is 0.00000169. The van der Waals surface area contributed by atoms with Gasteiger partial charge >= 0.3 is 0 Å². The van der Waals surface area contributed by atoms with Crippen LogP contribution < -0.4 is 10.6 Å². The zero-order valence-electron chi connectivity index (χ0n) is 14.9. The van der Waals surface area contributed by atoms with Crippen LogP contribution in [-0.4, -0.2) is 72.6 Å². The van der Waals surface area contributed by atoms with E-state index >= 15 is 0 Å². The Hall–Kier alpha value is -1.35. The molecule has 2 fully saturated rings. The number of nitrogens with zero attached hydrogens (tertiary/aromatic N) is 3. The molecule has 2 saturated heterocycles. The zero-order valence-corrected chi connectivity index (χ0v) is 16.5. The van der Waals surface area contributed by atoms with Gasteiger partial charge in [0.2, 0.25) is 11.8 Å². The Bertz CT molecular complexity index is 584. The summed E-state index contributed by atoms with van der Waals surface area (Å²) in [7, 11) is 0. The van der Waals surface area contributed by atoms with Crippen molar-refractivity contribution in [3.05, 3.63) is 11.8 Å². The highest BCUT2D eigenvalue weighted by Gasteiger charge is 2.28. The van der Waals surface area contributed by atoms with Crippen LogP contribution in [0.4, 0.5) is 5.82 Å². The van der Waals surface area contributed by atoms with Crippen LogP contribution in [0.5, 0.6) is 0 Å². The van der Waals surface area contributed by atoms with Crippen LogP contribution in [0, 0.1) is 12.8 Å². The highest BCUT2D eigenvalue weighted by atomic mass is 35.5. The number of halogens is 2. The van der Waals surface area contributed by atoms with E-state index < -0.39 is 0 Å². The van der Waals surface area contributed by atoms with Crippen molar-refractivity contribution in [1.82, 2.24) is 20.3 Å². The van der Waals surface area contributed by atoms with Gasteiger partial charge in [0.05, 0.1) is 12.5 Å². The minimum Gasteiger partial charge on any atom is -0.360 e. The molecule has 2 aliphatic heterocycles. The number of nitrogens with one attached hydrogen (secondary N) is 2. The average molecular weight is 408 g/mol. The van der Waals surface area contributed by atoms with Crippen molar-refractivity contribution < 1.29 is 14.1 Å². The predicted molar refractivity (Wildman–Crippen MR) is 103 cm³/mol. The molecule has 10 heteroatoms. The number of piperidine rings is 1. The summed E-state index contributed by atoms with van der Waals surface area (Å²) < 4.78 is 4.93. The quantitative estimate of drug-likeness (QED) is 0.770. The van der Waals surface area contributed by atoms with E-state index in [1.165, 1.54) is 0 Å². The monoisotopic (exact) mass is 407 g/mol. The van der Waals surface area contributed by atoms with E-state index in [4.69, 9.17) is 4.52 Å². The van der Waals surface area contributed by atoms with Gasteiger partial charge in [-0.1, -0.05) is 5.16 Å². The number of rotatable bonds is 4. The molecule has 0 bridgehead atoms. The van der Waals surface area contributed by atoms with Gasteiger partial charge in [-0.3, -0.25) is 14.5 Å². The van der Waals surface area contributed by atoms with E-state index in [9.17, 15) is 9.59 Å². The fourth-order valence-corrected chi connectivity index (χ4v) is 3.26. The maximum Gasteiger partial charge on any atom is 0.239 e. The highest BCUT2D eigenvalue weighted by molar-refractivity contribution is 5.91. The lowest BCUT2D eigenvalue weighted by Gasteiger charge is -2.36. The molecular weight excluding hydrogens is 381 g/mol. The number of hydrogen-bond donors (Lipinski definition) is 2. The Morgan fingerprint density at radius 1 is 1.31 bits per heavy atom. The van der Waals surface area contributed by atoms with Crippen molar-refractivity contribution in [1.29, 1.82) is 0 Å². The third kappa shape index (κ3) is 6.12. The maximum atomic E-state index is 12.5. The van der Waals surface area contributed by atoms with Crippen molar-refractivity contribution in [2.45, 2.75) is 19.8 Å². The first-order valence-electron chi connectivity index (χ1n) is 8.57. The van der Waals surface area contributed by atoms with Gasteiger partial charge in [0.1, 0.15) is 5.76 Å². The van der Waals surface area contributed by atoms with Gasteiger partial charge in [0.25, 0.3) is 0 Å². The lowest BCUT2D eigenvalue weighted by Crippen LogP contribution is -2.53. The number of aryl methyl sites for hydroxylation is 1. The fourth-order valence-electron chi connectivity index (χ4n) is 3.26. The summed E-state index contributed by atoms with van der Waals surface area (Å²) in [6, 6.07) is 1.69. The number of carbonyl (C=O) groups is 2. The van der Waals surface area contributed by atoms with E-state index in [1.54, 1.807) is 13.0 Å².